The third-order valence-electron chi connectivity index (χ3n) is 2.94. The van der Waals surface area contributed by atoms with Gasteiger partial charge in [-0.25, -0.2) is 8.42 Å². The van der Waals surface area contributed by atoms with E-state index in [-0.39, 0.29) is 36.0 Å². The van der Waals surface area contributed by atoms with Crippen LogP contribution in [0.1, 0.15) is 6.42 Å². The highest BCUT2D eigenvalue weighted by Crippen LogP contribution is 2.34. The molecule has 1 aromatic rings. The van der Waals surface area contributed by atoms with Crippen LogP contribution in [0.25, 0.3) is 0 Å². The van der Waals surface area contributed by atoms with E-state index in [1.807, 2.05) is 0 Å². The van der Waals surface area contributed by atoms with Crippen molar-refractivity contribution in [3.8, 4) is 5.75 Å². The molecule has 0 bridgehead atoms. The van der Waals surface area contributed by atoms with Crippen LogP contribution in [0.15, 0.2) is 27.6 Å². The molecule has 0 radical (unpaired) electrons. The fraction of sp³-hybridized carbons (Fsp3) is 0.455. The third kappa shape index (κ3) is 4.48. The zero-order valence-electron chi connectivity index (χ0n) is 11.0. The van der Waals surface area contributed by atoms with Crippen LogP contribution >= 0.6 is 28.3 Å². The fourth-order valence-corrected chi connectivity index (χ4v) is 3.96. The Morgan fingerprint density at radius 3 is 2.50 bits per heavy atom. The average molecular weight is 426 g/mol. The third-order valence-corrected chi connectivity index (χ3v) is 5.33. The van der Waals surface area contributed by atoms with Gasteiger partial charge in [-0.2, -0.15) is 4.31 Å². The summed E-state index contributed by atoms with van der Waals surface area (Å²) < 4.78 is 67.2. The second kappa shape index (κ2) is 6.91. The topological polar surface area (TPSA) is 72.6 Å². The SMILES string of the molecule is Cl.NC1CCN(S(=O)(=O)c2ccc(Br)cc2OC(F)(F)F)C1. The van der Waals surface area contributed by atoms with Crippen LogP contribution in [0.2, 0.25) is 0 Å². The predicted molar refractivity (Wildman–Crippen MR) is 79.4 cm³/mol. The minimum Gasteiger partial charge on any atom is -0.404 e. The van der Waals surface area contributed by atoms with Crippen LogP contribution in [0.5, 0.6) is 5.75 Å². The molecule has 1 unspecified atom stereocenters. The normalized spacial score (nSPS) is 19.8. The lowest BCUT2D eigenvalue weighted by molar-refractivity contribution is -0.275. The molecule has 1 atom stereocenters. The summed E-state index contributed by atoms with van der Waals surface area (Å²) in [6.45, 7) is 0.245. The molecule has 0 aromatic heterocycles. The first kappa shape index (κ1) is 19.5. The number of sulfonamides is 1. The van der Waals surface area contributed by atoms with Gasteiger partial charge in [0.25, 0.3) is 0 Å². The maximum Gasteiger partial charge on any atom is 0.573 e. The Hall–Kier alpha value is -0.550. The van der Waals surface area contributed by atoms with Crippen LogP contribution in [0, 0.1) is 0 Å². The van der Waals surface area contributed by atoms with E-state index < -0.39 is 27.0 Å². The number of hydrogen-bond donors (Lipinski definition) is 1. The monoisotopic (exact) mass is 424 g/mol. The molecule has 0 saturated carbocycles. The first-order chi connectivity index (χ1) is 9.59. The van der Waals surface area contributed by atoms with Gasteiger partial charge in [-0.15, -0.1) is 25.6 Å². The lowest BCUT2D eigenvalue weighted by Gasteiger charge is -2.19. The summed E-state index contributed by atoms with van der Waals surface area (Å²) in [7, 11) is -4.08. The molecule has 1 heterocycles. The van der Waals surface area contributed by atoms with Crippen molar-refractivity contribution in [3.63, 3.8) is 0 Å². The number of rotatable bonds is 3. The highest BCUT2D eigenvalue weighted by molar-refractivity contribution is 9.10. The number of ether oxygens (including phenoxy) is 1. The molecule has 1 aliphatic rings. The maximum absolute atomic E-state index is 12.4. The summed E-state index contributed by atoms with van der Waals surface area (Å²) in [4.78, 5) is -0.530. The van der Waals surface area contributed by atoms with Crippen LogP contribution in [-0.2, 0) is 10.0 Å². The second-order valence-corrected chi connectivity index (χ2v) is 7.37. The molecule has 5 nitrogen and oxygen atoms in total. The lowest BCUT2D eigenvalue weighted by Crippen LogP contribution is -2.32. The Morgan fingerprint density at radius 2 is 2.00 bits per heavy atom. The number of alkyl halides is 3. The van der Waals surface area contributed by atoms with Crippen molar-refractivity contribution in [1.82, 2.24) is 4.31 Å². The van der Waals surface area contributed by atoms with Gasteiger partial charge in [0.2, 0.25) is 10.0 Å². The Morgan fingerprint density at radius 1 is 1.36 bits per heavy atom. The number of nitrogens with zero attached hydrogens (tertiary/aromatic N) is 1. The average Bonchev–Trinajstić information content (AvgIpc) is 2.74. The Labute approximate surface area is 140 Å². The van der Waals surface area contributed by atoms with Gasteiger partial charge < -0.3 is 10.5 Å². The molecule has 22 heavy (non-hydrogen) atoms. The van der Waals surface area contributed by atoms with Gasteiger partial charge >= 0.3 is 6.36 Å². The first-order valence-corrected chi connectivity index (χ1v) is 8.14. The summed E-state index contributed by atoms with van der Waals surface area (Å²) >= 11 is 2.99. The van der Waals surface area contributed by atoms with E-state index in [1.54, 1.807) is 0 Å². The molecule has 0 aliphatic carbocycles. The number of benzene rings is 1. The molecule has 1 aliphatic heterocycles. The first-order valence-electron chi connectivity index (χ1n) is 5.90. The van der Waals surface area contributed by atoms with E-state index in [1.165, 1.54) is 6.07 Å². The molecule has 0 spiro atoms. The van der Waals surface area contributed by atoms with Crippen molar-refractivity contribution < 1.29 is 26.3 Å². The van der Waals surface area contributed by atoms with Crippen molar-refractivity contribution in [2.45, 2.75) is 23.7 Å². The minimum atomic E-state index is -4.98. The van der Waals surface area contributed by atoms with Crippen LogP contribution in [0.3, 0.4) is 0 Å². The van der Waals surface area contributed by atoms with Crippen molar-refractivity contribution in [1.29, 1.82) is 0 Å². The zero-order chi connectivity index (χ0) is 15.8. The van der Waals surface area contributed by atoms with E-state index in [0.717, 1.165) is 16.4 Å². The van der Waals surface area contributed by atoms with Crippen molar-refractivity contribution >= 4 is 38.4 Å². The summed E-state index contributed by atoms with van der Waals surface area (Å²) in [6.07, 6.45) is -4.52. The molecule has 2 N–H and O–H groups in total. The van der Waals surface area contributed by atoms with Crippen LogP contribution in [0.4, 0.5) is 13.2 Å². The van der Waals surface area contributed by atoms with Gasteiger partial charge in [-0.3, -0.25) is 0 Å². The summed E-state index contributed by atoms with van der Waals surface area (Å²) in [5.41, 5.74) is 5.64. The smallest absolute Gasteiger partial charge is 0.404 e. The maximum atomic E-state index is 12.4. The van der Waals surface area contributed by atoms with E-state index in [2.05, 4.69) is 20.7 Å². The molecule has 126 valence electrons. The number of halogens is 5. The highest BCUT2D eigenvalue weighted by atomic mass is 79.9. The molecule has 1 saturated heterocycles. The van der Waals surface area contributed by atoms with Gasteiger partial charge in [0.15, 0.2) is 5.75 Å². The molecule has 1 fully saturated rings. The predicted octanol–water partition coefficient (Wildman–Crippen LogP) is 2.49. The standard InChI is InChI=1S/C11H12BrF3N2O3S.ClH/c12-7-1-2-10(9(5-7)20-11(13,14)15)21(18,19)17-4-3-8(16)6-17;/h1-2,5,8H,3-4,6,16H2;1H. The van der Waals surface area contributed by atoms with Gasteiger partial charge in [0, 0.05) is 23.6 Å². The quantitative estimate of drug-likeness (QED) is 0.808. The van der Waals surface area contributed by atoms with Gasteiger partial charge in [-0.1, -0.05) is 15.9 Å². The molecule has 0 amide bonds. The lowest BCUT2D eigenvalue weighted by atomic mass is 10.3. The minimum absolute atomic E-state index is 0. The highest BCUT2D eigenvalue weighted by Gasteiger charge is 2.37. The molecule has 11 heteroatoms. The molecule has 1 aromatic carbocycles. The van der Waals surface area contributed by atoms with Crippen molar-refractivity contribution in [2.24, 2.45) is 5.73 Å². The Kier molecular flexibility index (Phi) is 6.13. The van der Waals surface area contributed by atoms with Crippen LogP contribution < -0.4 is 10.5 Å². The van der Waals surface area contributed by atoms with Gasteiger partial charge in [0.1, 0.15) is 4.90 Å². The van der Waals surface area contributed by atoms with Crippen LogP contribution in [-0.4, -0.2) is 38.2 Å². The summed E-state index contributed by atoms with van der Waals surface area (Å²) in [5.74, 6) is -0.766. The van der Waals surface area contributed by atoms with E-state index >= 15 is 0 Å². The molecular formula is C11H13BrClF3N2O3S. The molecular weight excluding hydrogens is 413 g/mol. The second-order valence-electron chi connectivity index (χ2n) is 4.55. The molecule has 2 rings (SSSR count). The van der Waals surface area contributed by atoms with Crippen molar-refractivity contribution in [2.75, 3.05) is 13.1 Å². The number of nitrogens with two attached hydrogens (primary N) is 1. The van der Waals surface area contributed by atoms with E-state index in [4.69, 9.17) is 5.73 Å². The number of hydrogen-bond acceptors (Lipinski definition) is 4. The van der Waals surface area contributed by atoms with Gasteiger partial charge in [0.05, 0.1) is 0 Å². The Balaban J connectivity index is 0.00000242. The summed E-state index contributed by atoms with van der Waals surface area (Å²) in [6, 6.07) is 3.06. The zero-order valence-corrected chi connectivity index (χ0v) is 14.2. The van der Waals surface area contributed by atoms with Crippen molar-refractivity contribution in [3.05, 3.63) is 22.7 Å². The Bertz CT molecular complexity index is 642. The van der Waals surface area contributed by atoms with E-state index in [0.29, 0.717) is 6.42 Å². The summed E-state index contributed by atoms with van der Waals surface area (Å²) in [5, 5.41) is 0. The van der Waals surface area contributed by atoms with Gasteiger partial charge in [-0.05, 0) is 24.6 Å². The van der Waals surface area contributed by atoms with E-state index in [9.17, 15) is 21.6 Å². The fourth-order valence-electron chi connectivity index (χ4n) is 2.01. The largest absolute Gasteiger partial charge is 0.573 e.